The molecule has 4 fully saturated rings. The molecule has 2 aromatic carbocycles. The molecule has 286 valence electrons. The Bertz CT molecular complexity index is 2160. The standard InChI is InChI=1S/C38H38F3N9O5/c1-37(2,36(55)44-23-4-7-30(42-3)29(12-23)38(39,40)41)49-16-22(15-43-49)21-8-10-46(11-9-21)25-17-48(18-25)26-19-47(20-26)24-5-6-27-28(13-24)35(54)50(34(27)53)31-14-32(51)45-33(31)52/h4-7,12-13,15-16,21,25-26,31H,8-11,14,17-20H2,1-2H3,(H,44,55)(H,45,51,52). The van der Waals surface area contributed by atoms with E-state index in [1.165, 1.54) is 6.07 Å². The summed E-state index contributed by atoms with van der Waals surface area (Å²) in [7, 11) is 0. The SMILES string of the molecule is [C-]#[N+]c1ccc(NC(=O)C(C)(C)n2cc(C3CCN(C4CN(C5CN(c6ccc7c(c6)C(=O)N(C6CC(=O)NC6=O)C7=O)C5)C4)CC3)cn2)cc1C(F)(F)F. The van der Waals surface area contributed by atoms with Crippen LogP contribution in [0.1, 0.15) is 70.9 Å². The highest BCUT2D eigenvalue weighted by atomic mass is 19.4. The van der Waals surface area contributed by atoms with Crippen molar-refractivity contribution in [3.63, 3.8) is 0 Å². The number of halogens is 3. The number of hydrogen-bond acceptors (Lipinski definition) is 9. The molecule has 6 heterocycles. The fourth-order valence-corrected chi connectivity index (χ4v) is 8.17. The van der Waals surface area contributed by atoms with E-state index in [-0.39, 0.29) is 29.2 Å². The third-order valence-corrected chi connectivity index (χ3v) is 11.7. The largest absolute Gasteiger partial charge is 0.407 e. The van der Waals surface area contributed by atoms with E-state index >= 15 is 0 Å². The predicted molar refractivity (Wildman–Crippen MR) is 191 cm³/mol. The molecule has 5 aliphatic heterocycles. The lowest BCUT2D eigenvalue weighted by Crippen LogP contribution is -2.70. The minimum absolute atomic E-state index is 0.0528. The molecule has 8 rings (SSSR count). The van der Waals surface area contributed by atoms with Crippen molar-refractivity contribution in [1.29, 1.82) is 0 Å². The van der Waals surface area contributed by atoms with Crippen molar-refractivity contribution in [3.8, 4) is 0 Å². The minimum Gasteiger partial charge on any atom is -0.368 e. The number of benzene rings is 2. The monoisotopic (exact) mass is 757 g/mol. The molecule has 0 spiro atoms. The summed E-state index contributed by atoms with van der Waals surface area (Å²) in [5.41, 5.74) is -0.552. The Kier molecular flexibility index (Phi) is 8.80. The maximum atomic E-state index is 13.5. The third kappa shape index (κ3) is 6.42. The number of imide groups is 2. The van der Waals surface area contributed by atoms with E-state index in [1.807, 2.05) is 12.3 Å². The number of anilines is 2. The lowest BCUT2D eigenvalue weighted by Gasteiger charge is -2.55. The molecule has 0 aliphatic carbocycles. The first-order chi connectivity index (χ1) is 26.1. The zero-order chi connectivity index (χ0) is 39.0. The van der Waals surface area contributed by atoms with Gasteiger partial charge < -0.3 is 10.2 Å². The summed E-state index contributed by atoms with van der Waals surface area (Å²) in [6.45, 7) is 15.7. The number of nitrogens with zero attached hydrogens (tertiary/aromatic N) is 7. The summed E-state index contributed by atoms with van der Waals surface area (Å²) in [4.78, 5) is 74.2. The molecular formula is C38H38F3N9O5. The Morgan fingerprint density at radius 1 is 0.927 bits per heavy atom. The van der Waals surface area contributed by atoms with Crippen LogP contribution in [0, 0.1) is 6.57 Å². The molecule has 4 saturated heterocycles. The molecule has 14 nitrogen and oxygen atoms in total. The molecule has 0 radical (unpaired) electrons. The number of nitrogens with one attached hydrogen (secondary N) is 2. The molecule has 2 N–H and O–H groups in total. The third-order valence-electron chi connectivity index (χ3n) is 11.7. The van der Waals surface area contributed by atoms with E-state index in [4.69, 9.17) is 6.57 Å². The molecule has 0 bridgehead atoms. The number of carbonyl (C=O) groups excluding carboxylic acids is 5. The molecule has 3 aromatic rings. The Balaban J connectivity index is 0.800. The predicted octanol–water partition coefficient (Wildman–Crippen LogP) is 3.59. The van der Waals surface area contributed by atoms with Crippen molar-refractivity contribution in [2.24, 2.45) is 0 Å². The summed E-state index contributed by atoms with van der Waals surface area (Å²) in [5, 5.41) is 9.18. The van der Waals surface area contributed by atoms with Gasteiger partial charge in [-0.2, -0.15) is 18.3 Å². The number of amides is 5. The van der Waals surface area contributed by atoms with Crippen molar-refractivity contribution in [3.05, 3.63) is 82.5 Å². The van der Waals surface area contributed by atoms with Gasteiger partial charge in [-0.15, -0.1) is 0 Å². The van der Waals surface area contributed by atoms with Crippen LogP contribution in [0.5, 0.6) is 0 Å². The van der Waals surface area contributed by atoms with Gasteiger partial charge in [0.15, 0.2) is 5.69 Å². The lowest BCUT2D eigenvalue weighted by molar-refractivity contribution is -0.137. The molecule has 1 unspecified atom stereocenters. The summed E-state index contributed by atoms with van der Waals surface area (Å²) in [5.74, 6) is -2.54. The van der Waals surface area contributed by atoms with Crippen molar-refractivity contribution >= 4 is 46.6 Å². The Hall–Kier alpha value is -5.60. The van der Waals surface area contributed by atoms with Crippen molar-refractivity contribution in [1.82, 2.24) is 29.8 Å². The van der Waals surface area contributed by atoms with E-state index in [0.29, 0.717) is 12.1 Å². The van der Waals surface area contributed by atoms with Gasteiger partial charge in [-0.25, -0.2) is 4.85 Å². The minimum atomic E-state index is -4.73. The number of fused-ring (bicyclic) bond motifs is 1. The number of carbonyl (C=O) groups is 5. The average molecular weight is 758 g/mol. The fourth-order valence-electron chi connectivity index (χ4n) is 8.17. The zero-order valence-corrected chi connectivity index (χ0v) is 30.1. The molecule has 5 aliphatic rings. The molecule has 5 amide bonds. The van der Waals surface area contributed by atoms with E-state index in [0.717, 1.165) is 80.4 Å². The Labute approximate surface area is 314 Å². The average Bonchev–Trinajstić information content (AvgIpc) is 3.80. The van der Waals surface area contributed by atoms with Crippen LogP contribution in [0.25, 0.3) is 4.85 Å². The number of hydrogen-bond donors (Lipinski definition) is 2. The molecule has 55 heavy (non-hydrogen) atoms. The van der Waals surface area contributed by atoms with Crippen molar-refractivity contribution in [2.45, 2.75) is 68.9 Å². The molecule has 1 atom stereocenters. The van der Waals surface area contributed by atoms with Gasteiger partial charge in [0.1, 0.15) is 11.6 Å². The highest BCUT2D eigenvalue weighted by Gasteiger charge is 2.48. The number of likely N-dealkylation sites (tertiary alicyclic amines) is 2. The van der Waals surface area contributed by atoms with Crippen LogP contribution in [0.3, 0.4) is 0 Å². The number of alkyl halides is 3. The first-order valence-corrected chi connectivity index (χ1v) is 18.2. The number of rotatable bonds is 8. The van der Waals surface area contributed by atoms with E-state index < -0.39 is 58.5 Å². The highest BCUT2D eigenvalue weighted by molar-refractivity contribution is 6.24. The van der Waals surface area contributed by atoms with Crippen molar-refractivity contribution < 1.29 is 37.1 Å². The van der Waals surface area contributed by atoms with Gasteiger partial charge in [0.2, 0.25) is 11.8 Å². The quantitative estimate of drug-likeness (QED) is 0.260. The van der Waals surface area contributed by atoms with Crippen LogP contribution in [-0.2, 0) is 26.1 Å². The van der Waals surface area contributed by atoms with E-state index in [9.17, 15) is 37.1 Å². The summed E-state index contributed by atoms with van der Waals surface area (Å²) in [6, 6.07) is 7.97. The second-order valence-electron chi connectivity index (χ2n) is 15.4. The van der Waals surface area contributed by atoms with Crippen LogP contribution in [0.15, 0.2) is 48.8 Å². The maximum absolute atomic E-state index is 13.5. The fraction of sp³-hybridized carbons (Fsp3) is 0.447. The number of aromatic nitrogens is 2. The van der Waals surface area contributed by atoms with E-state index in [2.05, 4.69) is 35.3 Å². The molecule has 17 heteroatoms. The molecule has 0 saturated carbocycles. The van der Waals surface area contributed by atoms with Gasteiger partial charge in [-0.1, -0.05) is 6.07 Å². The molecular weight excluding hydrogens is 719 g/mol. The normalized spacial score (nSPS) is 21.7. The van der Waals surface area contributed by atoms with Gasteiger partial charge in [-0.3, -0.25) is 48.7 Å². The summed E-state index contributed by atoms with van der Waals surface area (Å²) in [6.07, 6.45) is 0.510. The van der Waals surface area contributed by atoms with Crippen molar-refractivity contribution in [2.75, 3.05) is 49.5 Å². The first kappa shape index (κ1) is 36.4. The van der Waals surface area contributed by atoms with Gasteiger partial charge in [0.05, 0.1) is 35.9 Å². The molecule has 1 aromatic heterocycles. The topological polar surface area (TPSA) is 145 Å². The Morgan fingerprint density at radius 3 is 2.27 bits per heavy atom. The number of piperidine rings is 1. The van der Waals surface area contributed by atoms with Gasteiger partial charge in [0.25, 0.3) is 17.7 Å². The second kappa shape index (κ2) is 13.3. The summed E-state index contributed by atoms with van der Waals surface area (Å²) < 4.78 is 41.9. The maximum Gasteiger partial charge on any atom is 0.407 e. The van der Waals surface area contributed by atoms with Crippen LogP contribution < -0.4 is 15.5 Å². The van der Waals surface area contributed by atoms with Gasteiger partial charge in [0, 0.05) is 55.8 Å². The van der Waals surface area contributed by atoms with Crippen LogP contribution >= 0.6 is 0 Å². The van der Waals surface area contributed by atoms with Crippen LogP contribution in [0.2, 0.25) is 0 Å². The Morgan fingerprint density at radius 2 is 1.62 bits per heavy atom. The second-order valence-corrected chi connectivity index (χ2v) is 15.4. The van der Waals surface area contributed by atoms with Gasteiger partial charge >= 0.3 is 6.18 Å². The van der Waals surface area contributed by atoms with E-state index in [1.54, 1.807) is 36.9 Å². The lowest BCUT2D eigenvalue weighted by atomic mass is 9.89. The van der Waals surface area contributed by atoms with Crippen LogP contribution in [-0.4, -0.2) is 111 Å². The van der Waals surface area contributed by atoms with Gasteiger partial charge in [-0.05, 0) is 81.6 Å². The zero-order valence-electron chi connectivity index (χ0n) is 30.1. The highest BCUT2D eigenvalue weighted by Crippen LogP contribution is 2.39. The van der Waals surface area contributed by atoms with Crippen LogP contribution in [0.4, 0.5) is 30.2 Å². The summed E-state index contributed by atoms with van der Waals surface area (Å²) >= 11 is 0. The smallest absolute Gasteiger partial charge is 0.368 e. The first-order valence-electron chi connectivity index (χ1n) is 18.2.